The number of piperazine rings is 1. The minimum atomic E-state index is -0.878. The molecular formula is C18H25N3O5. The van der Waals surface area contributed by atoms with Gasteiger partial charge in [0, 0.05) is 31.0 Å². The third-order valence-corrected chi connectivity index (χ3v) is 3.78. The Morgan fingerprint density at radius 3 is 2.42 bits per heavy atom. The normalized spacial score (nSPS) is 17.6. The maximum atomic E-state index is 12.8. The Morgan fingerprint density at radius 2 is 1.85 bits per heavy atom. The van der Waals surface area contributed by atoms with Crippen molar-refractivity contribution in [3.05, 3.63) is 30.1 Å². The average molecular weight is 363 g/mol. The van der Waals surface area contributed by atoms with Gasteiger partial charge < -0.3 is 19.3 Å². The van der Waals surface area contributed by atoms with Crippen LogP contribution in [0.1, 0.15) is 38.1 Å². The van der Waals surface area contributed by atoms with Crippen molar-refractivity contribution < 1.29 is 23.9 Å². The van der Waals surface area contributed by atoms with Gasteiger partial charge in [-0.2, -0.15) is 0 Å². The molecule has 0 bridgehead atoms. The Kier molecular flexibility index (Phi) is 6.18. The fourth-order valence-electron chi connectivity index (χ4n) is 2.62. The van der Waals surface area contributed by atoms with E-state index in [0.29, 0.717) is 5.56 Å². The summed E-state index contributed by atoms with van der Waals surface area (Å²) in [5, 5.41) is 0. The fourth-order valence-corrected chi connectivity index (χ4v) is 2.62. The van der Waals surface area contributed by atoms with E-state index in [0.717, 1.165) is 0 Å². The van der Waals surface area contributed by atoms with E-state index in [2.05, 4.69) is 4.98 Å². The highest BCUT2D eigenvalue weighted by molar-refractivity contribution is 5.97. The van der Waals surface area contributed by atoms with Gasteiger partial charge in [0.2, 0.25) is 0 Å². The second-order valence-electron chi connectivity index (χ2n) is 6.93. The fraction of sp³-hybridized carbons (Fsp3) is 0.556. The number of carbonyl (C=O) groups is 3. The summed E-state index contributed by atoms with van der Waals surface area (Å²) in [5.41, 5.74) is -0.208. The average Bonchev–Trinajstić information content (AvgIpc) is 2.60. The summed E-state index contributed by atoms with van der Waals surface area (Å²) < 4.78 is 10.5. The molecule has 0 N–H and O–H groups in total. The molecule has 1 unspecified atom stereocenters. The summed E-state index contributed by atoms with van der Waals surface area (Å²) in [6, 6.07) is 2.30. The highest BCUT2D eigenvalue weighted by Crippen LogP contribution is 2.18. The van der Waals surface area contributed by atoms with Crippen LogP contribution in [0.2, 0.25) is 0 Å². The molecule has 0 spiro atoms. The minimum absolute atomic E-state index is 0.0323. The van der Waals surface area contributed by atoms with Gasteiger partial charge in [0.25, 0.3) is 5.91 Å². The van der Waals surface area contributed by atoms with Gasteiger partial charge in [0.05, 0.1) is 13.2 Å². The van der Waals surface area contributed by atoms with Crippen molar-refractivity contribution in [2.45, 2.75) is 39.3 Å². The molecule has 8 heteroatoms. The number of aromatic nitrogens is 1. The van der Waals surface area contributed by atoms with Crippen molar-refractivity contribution in [3.63, 3.8) is 0 Å². The van der Waals surface area contributed by atoms with Crippen LogP contribution in [0.4, 0.5) is 4.79 Å². The summed E-state index contributed by atoms with van der Waals surface area (Å²) in [7, 11) is 0. The van der Waals surface area contributed by atoms with Gasteiger partial charge in [0.1, 0.15) is 11.6 Å². The molecule has 1 fully saturated rings. The number of esters is 1. The molecule has 1 saturated heterocycles. The first-order chi connectivity index (χ1) is 12.2. The number of rotatable bonds is 3. The monoisotopic (exact) mass is 363 g/mol. The van der Waals surface area contributed by atoms with Gasteiger partial charge in [-0.25, -0.2) is 9.59 Å². The van der Waals surface area contributed by atoms with Crippen LogP contribution in [0, 0.1) is 0 Å². The number of pyridine rings is 1. The highest BCUT2D eigenvalue weighted by atomic mass is 16.6. The van der Waals surface area contributed by atoms with Crippen LogP contribution >= 0.6 is 0 Å². The van der Waals surface area contributed by atoms with E-state index in [1.165, 1.54) is 22.2 Å². The first-order valence-electron chi connectivity index (χ1n) is 8.58. The standard InChI is InChI=1S/C18H25N3O5/c1-5-25-16(23)14-12-20(17(24)26-18(2,3)4)10-11-21(14)15(22)13-6-8-19-9-7-13/h6-9,14H,5,10-12H2,1-4H3. The third kappa shape index (κ3) is 4.93. The molecule has 8 nitrogen and oxygen atoms in total. The third-order valence-electron chi connectivity index (χ3n) is 3.78. The summed E-state index contributed by atoms with van der Waals surface area (Å²) in [6.07, 6.45) is 2.52. The van der Waals surface area contributed by atoms with Crippen LogP contribution in [-0.4, -0.2) is 70.6 Å². The molecule has 1 aromatic heterocycles. The van der Waals surface area contributed by atoms with Gasteiger partial charge in [-0.05, 0) is 39.8 Å². The molecule has 0 saturated carbocycles. The zero-order valence-electron chi connectivity index (χ0n) is 15.6. The maximum absolute atomic E-state index is 12.8. The van der Waals surface area contributed by atoms with Crippen LogP contribution in [0.5, 0.6) is 0 Å². The summed E-state index contributed by atoms with van der Waals surface area (Å²) in [4.78, 5) is 44.3. The SMILES string of the molecule is CCOC(=O)C1CN(C(=O)OC(C)(C)C)CCN1C(=O)c1ccncc1. The van der Waals surface area contributed by atoms with Crippen molar-refractivity contribution in [2.24, 2.45) is 0 Å². The van der Waals surface area contributed by atoms with E-state index in [9.17, 15) is 14.4 Å². The smallest absolute Gasteiger partial charge is 0.410 e. The largest absolute Gasteiger partial charge is 0.464 e. The lowest BCUT2D eigenvalue weighted by molar-refractivity contribution is -0.150. The number of nitrogens with zero attached hydrogens (tertiary/aromatic N) is 3. The lowest BCUT2D eigenvalue weighted by atomic mass is 10.1. The molecule has 0 radical (unpaired) electrons. The number of ether oxygens (including phenoxy) is 2. The van der Waals surface area contributed by atoms with Crippen molar-refractivity contribution in [3.8, 4) is 0 Å². The van der Waals surface area contributed by atoms with E-state index < -0.39 is 23.7 Å². The highest BCUT2D eigenvalue weighted by Gasteiger charge is 2.39. The Bertz CT molecular complexity index is 657. The number of hydrogen-bond acceptors (Lipinski definition) is 6. The zero-order chi connectivity index (χ0) is 19.3. The van der Waals surface area contributed by atoms with Gasteiger partial charge in [-0.3, -0.25) is 9.78 Å². The van der Waals surface area contributed by atoms with Gasteiger partial charge in [0.15, 0.2) is 0 Å². The van der Waals surface area contributed by atoms with Crippen LogP contribution < -0.4 is 0 Å². The second kappa shape index (κ2) is 8.16. The van der Waals surface area contributed by atoms with Crippen molar-refractivity contribution in [1.29, 1.82) is 0 Å². The predicted molar refractivity (Wildman–Crippen MR) is 93.5 cm³/mol. The lowest BCUT2D eigenvalue weighted by Gasteiger charge is -2.40. The van der Waals surface area contributed by atoms with E-state index in [4.69, 9.17) is 9.47 Å². The van der Waals surface area contributed by atoms with Gasteiger partial charge in [-0.1, -0.05) is 0 Å². The van der Waals surface area contributed by atoms with Crippen LogP contribution in [0.15, 0.2) is 24.5 Å². The minimum Gasteiger partial charge on any atom is -0.464 e. The molecular weight excluding hydrogens is 338 g/mol. The van der Waals surface area contributed by atoms with Crippen molar-refractivity contribution in [2.75, 3.05) is 26.2 Å². The van der Waals surface area contributed by atoms with E-state index >= 15 is 0 Å². The topological polar surface area (TPSA) is 89.0 Å². The molecule has 1 atom stereocenters. The lowest BCUT2D eigenvalue weighted by Crippen LogP contribution is -2.60. The predicted octanol–water partition coefficient (Wildman–Crippen LogP) is 1.71. The van der Waals surface area contributed by atoms with E-state index in [1.807, 2.05) is 0 Å². The number of hydrogen-bond donors (Lipinski definition) is 0. The molecule has 2 rings (SSSR count). The Hall–Kier alpha value is -2.64. The van der Waals surface area contributed by atoms with Gasteiger partial charge >= 0.3 is 12.1 Å². The molecule has 1 aromatic rings. The molecule has 26 heavy (non-hydrogen) atoms. The van der Waals surface area contributed by atoms with Crippen LogP contribution in [0.25, 0.3) is 0 Å². The molecule has 0 aromatic carbocycles. The van der Waals surface area contributed by atoms with Crippen molar-refractivity contribution in [1.82, 2.24) is 14.8 Å². The second-order valence-corrected chi connectivity index (χ2v) is 6.93. The Morgan fingerprint density at radius 1 is 1.19 bits per heavy atom. The summed E-state index contributed by atoms with van der Waals surface area (Å²) in [5.74, 6) is -0.836. The Labute approximate surface area is 153 Å². The van der Waals surface area contributed by atoms with Crippen LogP contribution in [0.3, 0.4) is 0 Å². The Balaban J connectivity index is 2.18. The van der Waals surface area contributed by atoms with Crippen molar-refractivity contribution >= 4 is 18.0 Å². The zero-order valence-corrected chi connectivity index (χ0v) is 15.6. The summed E-state index contributed by atoms with van der Waals surface area (Å²) in [6.45, 7) is 7.74. The number of carbonyl (C=O) groups excluding carboxylic acids is 3. The molecule has 2 heterocycles. The van der Waals surface area contributed by atoms with E-state index in [-0.39, 0.29) is 32.1 Å². The molecule has 1 aliphatic rings. The molecule has 0 aliphatic carbocycles. The molecule has 142 valence electrons. The van der Waals surface area contributed by atoms with Gasteiger partial charge in [-0.15, -0.1) is 0 Å². The quantitative estimate of drug-likeness (QED) is 0.760. The van der Waals surface area contributed by atoms with Crippen LogP contribution in [-0.2, 0) is 14.3 Å². The van der Waals surface area contributed by atoms with E-state index in [1.54, 1.807) is 39.8 Å². The first kappa shape index (κ1) is 19.7. The number of amides is 2. The summed E-state index contributed by atoms with van der Waals surface area (Å²) >= 11 is 0. The first-order valence-corrected chi connectivity index (χ1v) is 8.58. The molecule has 2 amide bonds. The molecule has 1 aliphatic heterocycles. The maximum Gasteiger partial charge on any atom is 0.410 e.